The van der Waals surface area contributed by atoms with Crippen LogP contribution in [0.1, 0.15) is 12.1 Å². The molecule has 82 valence electrons. The van der Waals surface area contributed by atoms with E-state index in [2.05, 4.69) is 9.72 Å². The Labute approximate surface area is 87.7 Å². The van der Waals surface area contributed by atoms with Crippen molar-refractivity contribution in [3.05, 3.63) is 30.1 Å². The summed E-state index contributed by atoms with van der Waals surface area (Å²) in [6.07, 6.45) is 2.32. The predicted octanol–water partition coefficient (Wildman–Crippen LogP) is 0.888. The SMILES string of the molecule is COC=O.O=C(O)CCc1ccccn1. The molecule has 0 bridgehead atoms. The van der Waals surface area contributed by atoms with Crippen molar-refractivity contribution >= 4 is 12.4 Å². The van der Waals surface area contributed by atoms with Gasteiger partial charge in [-0.15, -0.1) is 0 Å². The van der Waals surface area contributed by atoms with E-state index in [1.54, 1.807) is 6.20 Å². The lowest BCUT2D eigenvalue weighted by atomic mass is 10.2. The molecule has 0 fully saturated rings. The fourth-order valence-electron chi connectivity index (χ4n) is 0.781. The van der Waals surface area contributed by atoms with Crippen molar-refractivity contribution in [1.29, 1.82) is 0 Å². The quantitative estimate of drug-likeness (QED) is 0.748. The maximum Gasteiger partial charge on any atom is 0.303 e. The summed E-state index contributed by atoms with van der Waals surface area (Å²) in [4.78, 5) is 23.1. The fourth-order valence-corrected chi connectivity index (χ4v) is 0.781. The molecule has 0 aliphatic carbocycles. The highest BCUT2D eigenvalue weighted by atomic mass is 16.5. The second-order valence-corrected chi connectivity index (χ2v) is 2.55. The molecular formula is C10H13NO4. The summed E-state index contributed by atoms with van der Waals surface area (Å²) in [6, 6.07) is 5.48. The van der Waals surface area contributed by atoms with Crippen LogP contribution in [0.5, 0.6) is 0 Å². The summed E-state index contributed by atoms with van der Waals surface area (Å²) < 4.78 is 3.86. The number of rotatable bonds is 4. The van der Waals surface area contributed by atoms with Gasteiger partial charge in [0.05, 0.1) is 13.5 Å². The maximum absolute atomic E-state index is 10.1. The first-order valence-electron chi connectivity index (χ1n) is 4.28. The average Bonchev–Trinajstić information content (AvgIpc) is 2.28. The van der Waals surface area contributed by atoms with Crippen molar-refractivity contribution in [3.63, 3.8) is 0 Å². The molecular weight excluding hydrogens is 198 g/mol. The zero-order chi connectivity index (χ0) is 11.5. The van der Waals surface area contributed by atoms with E-state index < -0.39 is 5.97 Å². The molecule has 0 saturated carbocycles. The summed E-state index contributed by atoms with van der Waals surface area (Å²) in [5, 5.41) is 8.35. The standard InChI is InChI=1S/C8H9NO2.C2H4O2/c10-8(11)5-4-7-3-1-2-6-9-7;1-4-2-3/h1-3,6H,4-5H2,(H,10,11);2H,1H3. The highest BCUT2D eigenvalue weighted by molar-refractivity contribution is 5.66. The molecule has 5 heteroatoms. The highest BCUT2D eigenvalue weighted by Crippen LogP contribution is 1.97. The second kappa shape index (κ2) is 8.68. The normalized spacial score (nSPS) is 8.33. The van der Waals surface area contributed by atoms with Gasteiger partial charge in [-0.3, -0.25) is 14.6 Å². The van der Waals surface area contributed by atoms with Crippen LogP contribution in [-0.4, -0.2) is 29.6 Å². The Kier molecular flexibility index (Phi) is 7.57. The van der Waals surface area contributed by atoms with Gasteiger partial charge in [0.1, 0.15) is 0 Å². The molecule has 0 radical (unpaired) electrons. The van der Waals surface area contributed by atoms with Crippen molar-refractivity contribution in [2.45, 2.75) is 12.8 Å². The first-order chi connectivity index (χ1) is 7.20. The van der Waals surface area contributed by atoms with Gasteiger partial charge in [0, 0.05) is 18.3 Å². The molecule has 5 nitrogen and oxygen atoms in total. The Morgan fingerprint density at radius 3 is 2.67 bits per heavy atom. The van der Waals surface area contributed by atoms with Crippen LogP contribution < -0.4 is 0 Å². The summed E-state index contributed by atoms with van der Waals surface area (Å²) in [5.41, 5.74) is 0.829. The minimum atomic E-state index is -0.782. The third-order valence-corrected chi connectivity index (χ3v) is 1.42. The van der Waals surface area contributed by atoms with Crippen LogP contribution in [0.25, 0.3) is 0 Å². The van der Waals surface area contributed by atoms with Crippen LogP contribution in [0.4, 0.5) is 0 Å². The molecule has 1 aromatic rings. The lowest BCUT2D eigenvalue weighted by Gasteiger charge is -1.94. The number of carboxylic acid groups (broad SMARTS) is 1. The molecule has 15 heavy (non-hydrogen) atoms. The van der Waals surface area contributed by atoms with E-state index in [1.165, 1.54) is 7.11 Å². The van der Waals surface area contributed by atoms with Crippen LogP contribution in [-0.2, 0) is 20.7 Å². The van der Waals surface area contributed by atoms with Crippen molar-refractivity contribution in [3.8, 4) is 0 Å². The Morgan fingerprint density at radius 1 is 1.60 bits per heavy atom. The Bertz CT molecular complexity index is 287. The van der Waals surface area contributed by atoms with E-state index >= 15 is 0 Å². The number of hydrogen-bond donors (Lipinski definition) is 1. The zero-order valence-corrected chi connectivity index (χ0v) is 8.42. The van der Waals surface area contributed by atoms with Gasteiger partial charge in [-0.1, -0.05) is 6.07 Å². The predicted molar refractivity (Wildman–Crippen MR) is 53.3 cm³/mol. The number of aromatic nitrogens is 1. The van der Waals surface area contributed by atoms with Gasteiger partial charge in [0.15, 0.2) is 0 Å². The topological polar surface area (TPSA) is 76.5 Å². The van der Waals surface area contributed by atoms with Crippen molar-refractivity contribution in [2.24, 2.45) is 0 Å². The smallest absolute Gasteiger partial charge is 0.303 e. The van der Waals surface area contributed by atoms with Crippen LogP contribution in [0.3, 0.4) is 0 Å². The highest BCUT2D eigenvalue weighted by Gasteiger charge is 1.97. The number of carboxylic acids is 1. The van der Waals surface area contributed by atoms with Crippen LogP contribution in [0, 0.1) is 0 Å². The van der Waals surface area contributed by atoms with Crippen molar-refractivity contribution in [2.75, 3.05) is 7.11 Å². The number of ether oxygens (including phenoxy) is 1. The number of carbonyl (C=O) groups is 2. The number of aliphatic carboxylic acids is 1. The summed E-state index contributed by atoms with van der Waals surface area (Å²) in [6.45, 7) is 0.375. The van der Waals surface area contributed by atoms with Gasteiger partial charge < -0.3 is 9.84 Å². The van der Waals surface area contributed by atoms with E-state index in [9.17, 15) is 4.79 Å². The number of pyridine rings is 1. The number of methoxy groups -OCH3 is 1. The van der Waals surface area contributed by atoms with Gasteiger partial charge in [0.25, 0.3) is 6.47 Å². The summed E-state index contributed by atoms with van der Waals surface area (Å²) in [5.74, 6) is -0.782. The van der Waals surface area contributed by atoms with Gasteiger partial charge in [-0.2, -0.15) is 0 Å². The van der Waals surface area contributed by atoms with E-state index in [0.717, 1.165) is 5.69 Å². The molecule has 1 heterocycles. The van der Waals surface area contributed by atoms with Crippen molar-refractivity contribution < 1.29 is 19.4 Å². The molecule has 0 aliphatic rings. The molecule has 0 aliphatic heterocycles. The molecule has 0 saturated heterocycles. The molecule has 1 N–H and O–H groups in total. The first-order valence-corrected chi connectivity index (χ1v) is 4.28. The minimum absolute atomic E-state index is 0.150. The number of carbonyl (C=O) groups excluding carboxylic acids is 1. The minimum Gasteiger partial charge on any atom is -0.481 e. The van der Waals surface area contributed by atoms with Gasteiger partial charge >= 0.3 is 5.97 Å². The number of aryl methyl sites for hydroxylation is 1. The maximum atomic E-state index is 10.1. The molecule has 0 amide bonds. The average molecular weight is 211 g/mol. The van der Waals surface area contributed by atoms with Gasteiger partial charge in [-0.05, 0) is 12.1 Å². The van der Waals surface area contributed by atoms with E-state index in [0.29, 0.717) is 12.9 Å². The van der Waals surface area contributed by atoms with E-state index in [1.807, 2.05) is 18.2 Å². The van der Waals surface area contributed by atoms with E-state index in [4.69, 9.17) is 9.90 Å². The third-order valence-electron chi connectivity index (χ3n) is 1.42. The van der Waals surface area contributed by atoms with E-state index in [-0.39, 0.29) is 6.42 Å². The largest absolute Gasteiger partial charge is 0.481 e. The molecule has 0 aromatic carbocycles. The summed E-state index contributed by atoms with van der Waals surface area (Å²) in [7, 11) is 1.31. The van der Waals surface area contributed by atoms with Gasteiger partial charge in [0.2, 0.25) is 0 Å². The number of hydrogen-bond acceptors (Lipinski definition) is 4. The molecule has 0 spiro atoms. The lowest BCUT2D eigenvalue weighted by Crippen LogP contribution is -1.98. The van der Waals surface area contributed by atoms with Crippen LogP contribution in [0.15, 0.2) is 24.4 Å². The van der Waals surface area contributed by atoms with Crippen LogP contribution >= 0.6 is 0 Å². The Balaban J connectivity index is 0.000000423. The zero-order valence-electron chi connectivity index (χ0n) is 8.42. The second-order valence-electron chi connectivity index (χ2n) is 2.55. The monoisotopic (exact) mass is 211 g/mol. The molecule has 1 aromatic heterocycles. The number of nitrogens with zero attached hydrogens (tertiary/aromatic N) is 1. The molecule has 0 unspecified atom stereocenters. The molecule has 0 atom stereocenters. The lowest BCUT2D eigenvalue weighted by molar-refractivity contribution is -0.137. The first kappa shape index (κ1) is 13.1. The van der Waals surface area contributed by atoms with Gasteiger partial charge in [-0.25, -0.2) is 0 Å². The third kappa shape index (κ3) is 8.42. The van der Waals surface area contributed by atoms with Crippen molar-refractivity contribution in [1.82, 2.24) is 4.98 Å². The fraction of sp³-hybridized carbons (Fsp3) is 0.300. The Morgan fingerprint density at radius 2 is 2.27 bits per heavy atom. The molecule has 1 rings (SSSR count). The van der Waals surface area contributed by atoms with Crippen LogP contribution in [0.2, 0.25) is 0 Å². The Hall–Kier alpha value is -1.91. The summed E-state index contributed by atoms with van der Waals surface area (Å²) >= 11 is 0.